The summed E-state index contributed by atoms with van der Waals surface area (Å²) in [6.45, 7) is 5.69. The van der Waals surface area contributed by atoms with Crippen LogP contribution in [0, 0.1) is 11.3 Å². The summed E-state index contributed by atoms with van der Waals surface area (Å²) in [4.78, 5) is 13.5. The molecule has 0 aromatic heterocycles. The molecular weight excluding hydrogens is 176 g/mol. The monoisotopic (exact) mass is 196 g/mol. The lowest BCUT2D eigenvalue weighted by Crippen LogP contribution is -2.40. The van der Waals surface area contributed by atoms with E-state index in [9.17, 15) is 4.79 Å². The molecule has 14 heavy (non-hydrogen) atoms. The number of carbonyl (C=O) groups is 1. The second-order valence-electron chi connectivity index (χ2n) is 5.26. The predicted molar refractivity (Wildman–Crippen MR) is 55.7 cm³/mol. The van der Waals surface area contributed by atoms with E-state index in [-0.39, 0.29) is 11.8 Å². The molecule has 0 aromatic carbocycles. The zero-order valence-corrected chi connectivity index (χ0v) is 8.96. The van der Waals surface area contributed by atoms with Gasteiger partial charge in [-0.3, -0.25) is 4.79 Å². The quantitative estimate of drug-likeness (QED) is 0.731. The summed E-state index contributed by atoms with van der Waals surface area (Å²) in [5.74, 6) is 0.0283. The average Bonchev–Trinajstić information content (AvgIpc) is 2.84. The highest BCUT2D eigenvalue weighted by atomic mass is 16.1. The molecule has 1 amide bonds. The molecule has 2 aliphatic rings. The molecule has 0 aromatic rings. The number of piperidine rings is 1. The summed E-state index contributed by atoms with van der Waals surface area (Å²) in [6, 6.07) is 0. The molecule has 1 aliphatic carbocycles. The average molecular weight is 196 g/mol. The molecule has 1 saturated carbocycles. The molecule has 1 aliphatic heterocycles. The summed E-state index contributed by atoms with van der Waals surface area (Å²) < 4.78 is 0. The van der Waals surface area contributed by atoms with Gasteiger partial charge in [0, 0.05) is 12.5 Å². The zero-order chi connectivity index (χ0) is 10.2. The number of primary amides is 1. The predicted octanol–water partition coefficient (Wildman–Crippen LogP) is 0.984. The molecule has 1 heterocycles. The molecule has 2 fully saturated rings. The van der Waals surface area contributed by atoms with Crippen LogP contribution < -0.4 is 5.73 Å². The molecule has 0 bridgehead atoms. The molecular formula is C11H20N2O. The molecule has 2 rings (SSSR count). The van der Waals surface area contributed by atoms with Crippen LogP contribution in [-0.4, -0.2) is 30.4 Å². The fourth-order valence-corrected chi connectivity index (χ4v) is 2.29. The van der Waals surface area contributed by atoms with E-state index >= 15 is 0 Å². The van der Waals surface area contributed by atoms with Gasteiger partial charge in [-0.1, -0.05) is 6.92 Å². The highest BCUT2D eigenvalue weighted by molar-refractivity contribution is 5.76. The molecule has 0 unspecified atom stereocenters. The Morgan fingerprint density at radius 1 is 1.43 bits per heavy atom. The molecule has 0 spiro atoms. The normalized spacial score (nSPS) is 27.5. The number of nitrogens with two attached hydrogens (primary N) is 1. The van der Waals surface area contributed by atoms with Gasteiger partial charge in [0.1, 0.15) is 0 Å². The lowest BCUT2D eigenvalue weighted by Gasteiger charge is -2.32. The Morgan fingerprint density at radius 3 is 2.43 bits per heavy atom. The van der Waals surface area contributed by atoms with Crippen LogP contribution in [0.25, 0.3) is 0 Å². The second-order valence-corrected chi connectivity index (χ2v) is 5.26. The number of likely N-dealkylation sites (tertiary alicyclic amines) is 1. The highest BCUT2D eigenvalue weighted by Gasteiger charge is 2.39. The maximum absolute atomic E-state index is 11.0. The van der Waals surface area contributed by atoms with Gasteiger partial charge in [-0.15, -0.1) is 0 Å². The third-order valence-electron chi connectivity index (χ3n) is 3.70. The van der Waals surface area contributed by atoms with Crippen molar-refractivity contribution >= 4 is 5.91 Å². The largest absolute Gasteiger partial charge is 0.369 e. The van der Waals surface area contributed by atoms with E-state index in [2.05, 4.69) is 11.8 Å². The van der Waals surface area contributed by atoms with Crippen LogP contribution >= 0.6 is 0 Å². The van der Waals surface area contributed by atoms with Gasteiger partial charge < -0.3 is 10.6 Å². The van der Waals surface area contributed by atoms with Crippen molar-refractivity contribution in [1.29, 1.82) is 0 Å². The smallest absolute Gasteiger partial charge is 0.220 e. The van der Waals surface area contributed by atoms with Crippen molar-refractivity contribution in [1.82, 2.24) is 4.90 Å². The number of hydrogen-bond acceptors (Lipinski definition) is 2. The first-order valence-corrected chi connectivity index (χ1v) is 5.61. The van der Waals surface area contributed by atoms with Gasteiger partial charge in [-0.2, -0.15) is 0 Å². The third-order valence-corrected chi connectivity index (χ3v) is 3.70. The SMILES string of the molecule is CC1(CN2CCC(C(N)=O)CC2)CC1. The molecule has 2 N–H and O–H groups in total. The van der Waals surface area contributed by atoms with Crippen LogP contribution in [-0.2, 0) is 4.79 Å². The lowest BCUT2D eigenvalue weighted by atomic mass is 9.95. The Labute approximate surface area is 85.6 Å². The van der Waals surface area contributed by atoms with Gasteiger partial charge in [0.15, 0.2) is 0 Å². The van der Waals surface area contributed by atoms with Crippen LogP contribution in [0.2, 0.25) is 0 Å². The number of carbonyl (C=O) groups excluding carboxylic acids is 1. The minimum atomic E-state index is -0.109. The van der Waals surface area contributed by atoms with Crippen LogP contribution in [0.1, 0.15) is 32.6 Å². The van der Waals surface area contributed by atoms with Gasteiger partial charge in [-0.25, -0.2) is 0 Å². The van der Waals surface area contributed by atoms with Gasteiger partial charge in [0.05, 0.1) is 0 Å². The lowest BCUT2D eigenvalue weighted by molar-refractivity contribution is -0.123. The van der Waals surface area contributed by atoms with E-state index in [1.807, 2.05) is 0 Å². The highest BCUT2D eigenvalue weighted by Crippen LogP contribution is 2.45. The van der Waals surface area contributed by atoms with Crippen molar-refractivity contribution in [3.05, 3.63) is 0 Å². The van der Waals surface area contributed by atoms with Gasteiger partial charge in [0.25, 0.3) is 0 Å². The fraction of sp³-hybridized carbons (Fsp3) is 0.909. The first kappa shape index (κ1) is 9.97. The van der Waals surface area contributed by atoms with Crippen molar-refractivity contribution in [2.45, 2.75) is 32.6 Å². The van der Waals surface area contributed by atoms with Crippen LogP contribution in [0.3, 0.4) is 0 Å². The van der Waals surface area contributed by atoms with E-state index in [0.29, 0.717) is 5.41 Å². The Hall–Kier alpha value is -0.570. The number of amides is 1. The van der Waals surface area contributed by atoms with Crippen molar-refractivity contribution < 1.29 is 4.79 Å². The summed E-state index contributed by atoms with van der Waals surface area (Å²) in [7, 11) is 0. The molecule has 80 valence electrons. The number of hydrogen-bond donors (Lipinski definition) is 1. The molecule has 1 saturated heterocycles. The molecule has 3 heteroatoms. The number of rotatable bonds is 3. The zero-order valence-electron chi connectivity index (χ0n) is 8.96. The van der Waals surface area contributed by atoms with Crippen molar-refractivity contribution in [3.8, 4) is 0 Å². The fourth-order valence-electron chi connectivity index (χ4n) is 2.29. The third kappa shape index (κ3) is 2.27. The summed E-state index contributed by atoms with van der Waals surface area (Å²) in [6.07, 6.45) is 4.68. The number of nitrogens with zero attached hydrogens (tertiary/aromatic N) is 1. The van der Waals surface area contributed by atoms with Crippen LogP contribution in [0.4, 0.5) is 0 Å². The summed E-state index contributed by atoms with van der Waals surface area (Å²) in [5.41, 5.74) is 5.89. The molecule has 0 radical (unpaired) electrons. The van der Waals surface area contributed by atoms with Crippen molar-refractivity contribution in [2.75, 3.05) is 19.6 Å². The standard InChI is InChI=1S/C11H20N2O/c1-11(4-5-11)8-13-6-2-9(3-7-13)10(12)14/h9H,2-8H2,1H3,(H2,12,14). The van der Waals surface area contributed by atoms with E-state index in [1.165, 1.54) is 19.4 Å². The Kier molecular flexibility index (Phi) is 2.52. The van der Waals surface area contributed by atoms with Gasteiger partial charge in [-0.05, 0) is 44.2 Å². The molecule has 0 atom stereocenters. The Balaban J connectivity index is 1.75. The Morgan fingerprint density at radius 2 is 2.00 bits per heavy atom. The van der Waals surface area contributed by atoms with E-state index in [4.69, 9.17) is 5.73 Å². The summed E-state index contributed by atoms with van der Waals surface area (Å²) >= 11 is 0. The Bertz CT molecular complexity index is 227. The minimum Gasteiger partial charge on any atom is -0.369 e. The molecule has 3 nitrogen and oxygen atoms in total. The maximum atomic E-state index is 11.0. The second kappa shape index (κ2) is 3.54. The van der Waals surface area contributed by atoms with E-state index in [1.54, 1.807) is 0 Å². The van der Waals surface area contributed by atoms with Gasteiger partial charge in [0.2, 0.25) is 5.91 Å². The topological polar surface area (TPSA) is 46.3 Å². The summed E-state index contributed by atoms with van der Waals surface area (Å²) in [5, 5.41) is 0. The van der Waals surface area contributed by atoms with Crippen molar-refractivity contribution in [2.24, 2.45) is 17.1 Å². The van der Waals surface area contributed by atoms with Crippen molar-refractivity contribution in [3.63, 3.8) is 0 Å². The van der Waals surface area contributed by atoms with E-state index in [0.717, 1.165) is 25.9 Å². The maximum Gasteiger partial charge on any atom is 0.220 e. The van der Waals surface area contributed by atoms with E-state index < -0.39 is 0 Å². The minimum absolute atomic E-state index is 0.109. The van der Waals surface area contributed by atoms with Gasteiger partial charge >= 0.3 is 0 Å². The van der Waals surface area contributed by atoms with Crippen LogP contribution in [0.15, 0.2) is 0 Å². The van der Waals surface area contributed by atoms with Crippen LogP contribution in [0.5, 0.6) is 0 Å². The first-order chi connectivity index (χ1) is 6.59. The first-order valence-electron chi connectivity index (χ1n) is 5.61.